The van der Waals surface area contributed by atoms with Gasteiger partial charge in [-0.3, -0.25) is 0 Å². The molecule has 0 saturated carbocycles. The van der Waals surface area contributed by atoms with E-state index >= 15 is 0 Å². The number of benzene rings is 10. The van der Waals surface area contributed by atoms with Crippen LogP contribution in [0.3, 0.4) is 0 Å². The van der Waals surface area contributed by atoms with Crippen LogP contribution in [0.2, 0.25) is 0 Å². The van der Waals surface area contributed by atoms with Gasteiger partial charge in [0.2, 0.25) is 0 Å². The number of fused-ring (bicyclic) bond motifs is 10. The minimum absolute atomic E-state index is 0.232. The third kappa shape index (κ3) is 5.34. The van der Waals surface area contributed by atoms with Crippen LogP contribution >= 0.6 is 0 Å². The maximum Gasteiger partial charge on any atom is 0.0547 e. The third-order valence-electron chi connectivity index (χ3n) is 13.9. The molecular weight excluding hydrogens is 775 g/mol. The number of hydrogen-bond acceptors (Lipinski definition) is 1. The van der Waals surface area contributed by atoms with E-state index < -0.39 is 0 Å². The first-order chi connectivity index (χ1) is 31.5. The Bertz CT molecular complexity index is 3760. The molecule has 0 radical (unpaired) electrons. The molecule has 1 aliphatic rings. The van der Waals surface area contributed by atoms with Crippen molar-refractivity contribution >= 4 is 71.4 Å². The molecule has 10 aromatic carbocycles. The van der Waals surface area contributed by atoms with Crippen molar-refractivity contribution < 1.29 is 0 Å². The number of rotatable bonds is 6. The second-order valence-electron chi connectivity index (χ2n) is 17.7. The largest absolute Gasteiger partial charge is 0.310 e. The molecule has 0 saturated heterocycles. The van der Waals surface area contributed by atoms with E-state index in [1.54, 1.807) is 0 Å². The van der Waals surface area contributed by atoms with Gasteiger partial charge in [0.05, 0.1) is 27.8 Å². The first-order valence-corrected chi connectivity index (χ1v) is 22.3. The van der Waals surface area contributed by atoms with E-state index in [0.29, 0.717) is 0 Å². The average molecular weight is 818 g/mol. The van der Waals surface area contributed by atoms with Crippen LogP contribution in [-0.4, -0.2) is 9.13 Å². The van der Waals surface area contributed by atoms with Crippen LogP contribution < -0.4 is 4.90 Å². The van der Waals surface area contributed by atoms with Gasteiger partial charge >= 0.3 is 0 Å². The van der Waals surface area contributed by atoms with Crippen molar-refractivity contribution in [2.24, 2.45) is 0 Å². The lowest BCUT2D eigenvalue weighted by atomic mass is 9.82. The Morgan fingerprint density at radius 2 is 0.828 bits per heavy atom. The second kappa shape index (κ2) is 13.9. The topological polar surface area (TPSA) is 13.1 Å². The van der Waals surface area contributed by atoms with Gasteiger partial charge in [0.15, 0.2) is 0 Å². The molecule has 0 amide bonds. The van der Waals surface area contributed by atoms with Gasteiger partial charge in [0.1, 0.15) is 0 Å². The zero-order valence-electron chi connectivity index (χ0n) is 35.7. The van der Waals surface area contributed by atoms with E-state index in [1.807, 2.05) is 0 Å². The summed E-state index contributed by atoms with van der Waals surface area (Å²) in [5.41, 5.74) is 18.1. The maximum atomic E-state index is 2.45. The Hall–Kier alpha value is -8.14. The Morgan fingerprint density at radius 3 is 1.48 bits per heavy atom. The molecule has 0 unspecified atom stereocenters. The lowest BCUT2D eigenvalue weighted by molar-refractivity contribution is 0.660. The van der Waals surface area contributed by atoms with Crippen molar-refractivity contribution in [1.82, 2.24) is 9.13 Å². The second-order valence-corrected chi connectivity index (χ2v) is 17.7. The molecule has 3 heteroatoms. The van der Waals surface area contributed by atoms with E-state index in [-0.39, 0.29) is 5.41 Å². The smallest absolute Gasteiger partial charge is 0.0547 e. The van der Waals surface area contributed by atoms with E-state index in [1.165, 1.54) is 93.5 Å². The molecule has 0 aliphatic heterocycles. The Balaban J connectivity index is 0.947. The van der Waals surface area contributed by atoms with E-state index in [2.05, 4.69) is 252 Å². The zero-order chi connectivity index (χ0) is 42.5. The quantitative estimate of drug-likeness (QED) is 0.163. The van der Waals surface area contributed by atoms with Crippen molar-refractivity contribution in [2.45, 2.75) is 19.3 Å². The summed E-state index contributed by atoms with van der Waals surface area (Å²) < 4.78 is 4.84. The van der Waals surface area contributed by atoms with Crippen LogP contribution in [0, 0.1) is 0 Å². The molecule has 0 N–H and O–H groups in total. The summed E-state index contributed by atoms with van der Waals surface area (Å²) in [5.74, 6) is 0. The number of anilines is 3. The van der Waals surface area contributed by atoms with E-state index in [4.69, 9.17) is 0 Å². The number of nitrogens with zero attached hydrogens (tertiary/aromatic N) is 3. The standard InChI is InChI=1S/C61H43N3/c1-61(2)54-38-43(30-33-47(54)48-34-31-44(39-55(48)61)64-57-27-15-11-23-50(57)51-24-12-16-28-58(51)64)62(41-17-5-3-6-18-41)59-36-35-45(46-21-9-10-22-49(46)59)40-29-32-53-52-25-13-14-26-56(52)63(60(53)37-40)42-19-7-4-8-20-42/h3-39H,1-2H3. The molecule has 64 heavy (non-hydrogen) atoms. The summed E-state index contributed by atoms with van der Waals surface area (Å²) in [7, 11) is 0. The third-order valence-corrected chi connectivity index (χ3v) is 13.9. The molecule has 302 valence electrons. The van der Waals surface area contributed by atoms with E-state index in [9.17, 15) is 0 Å². The molecule has 12 aromatic rings. The molecule has 0 bridgehead atoms. The van der Waals surface area contributed by atoms with Gasteiger partial charge in [-0.25, -0.2) is 0 Å². The van der Waals surface area contributed by atoms with Gasteiger partial charge in [-0.15, -0.1) is 0 Å². The predicted molar refractivity (Wildman–Crippen MR) is 270 cm³/mol. The molecule has 0 atom stereocenters. The SMILES string of the molecule is CC1(C)c2cc(N(c3ccccc3)c3ccc(-c4ccc5c6ccccc6n(-c6ccccc6)c5c4)c4ccccc34)ccc2-c2ccc(-n3c4ccccc4c4ccccc43)cc21. The highest BCUT2D eigenvalue weighted by molar-refractivity contribution is 6.13. The zero-order valence-corrected chi connectivity index (χ0v) is 35.7. The summed E-state index contributed by atoms with van der Waals surface area (Å²) in [5, 5.41) is 7.49. The molecule has 1 aliphatic carbocycles. The average Bonchev–Trinajstić information content (AvgIpc) is 3.94. The predicted octanol–water partition coefficient (Wildman–Crippen LogP) is 16.5. The summed E-state index contributed by atoms with van der Waals surface area (Å²) in [6.07, 6.45) is 0. The van der Waals surface area contributed by atoms with Crippen LogP contribution in [0.1, 0.15) is 25.0 Å². The summed E-state index contributed by atoms with van der Waals surface area (Å²) in [6.45, 7) is 4.78. The van der Waals surface area contributed by atoms with Gasteiger partial charge in [-0.1, -0.05) is 159 Å². The van der Waals surface area contributed by atoms with Gasteiger partial charge in [0, 0.05) is 55.1 Å². The number of aromatic nitrogens is 2. The molecule has 2 aromatic heterocycles. The van der Waals surface area contributed by atoms with Gasteiger partial charge < -0.3 is 14.0 Å². The molecule has 0 fully saturated rings. The van der Waals surface area contributed by atoms with Crippen molar-refractivity contribution in [3.63, 3.8) is 0 Å². The van der Waals surface area contributed by atoms with E-state index in [0.717, 1.165) is 22.7 Å². The highest BCUT2D eigenvalue weighted by Gasteiger charge is 2.37. The van der Waals surface area contributed by atoms with Crippen LogP contribution in [0.15, 0.2) is 224 Å². The molecular formula is C61H43N3. The van der Waals surface area contributed by atoms with Crippen LogP contribution in [0.4, 0.5) is 17.1 Å². The molecule has 13 rings (SSSR count). The van der Waals surface area contributed by atoms with Gasteiger partial charge in [-0.2, -0.15) is 0 Å². The molecule has 0 spiro atoms. The van der Waals surface area contributed by atoms with Gasteiger partial charge in [0.25, 0.3) is 0 Å². The van der Waals surface area contributed by atoms with Crippen LogP contribution in [0.5, 0.6) is 0 Å². The summed E-state index contributed by atoms with van der Waals surface area (Å²) in [4.78, 5) is 2.45. The van der Waals surface area contributed by atoms with Crippen molar-refractivity contribution in [1.29, 1.82) is 0 Å². The molecule has 3 nitrogen and oxygen atoms in total. The first kappa shape index (κ1) is 36.5. The van der Waals surface area contributed by atoms with Crippen molar-refractivity contribution in [3.05, 3.63) is 236 Å². The van der Waals surface area contributed by atoms with Gasteiger partial charge in [-0.05, 0) is 118 Å². The van der Waals surface area contributed by atoms with Crippen LogP contribution in [0.25, 0.3) is 88.0 Å². The fraction of sp³-hybridized carbons (Fsp3) is 0.0492. The normalized spacial score (nSPS) is 13.0. The summed E-state index contributed by atoms with van der Waals surface area (Å²) in [6, 6.07) is 82.6. The minimum Gasteiger partial charge on any atom is -0.310 e. The number of para-hydroxylation sites is 5. The summed E-state index contributed by atoms with van der Waals surface area (Å²) >= 11 is 0. The Labute approximate surface area is 372 Å². The minimum atomic E-state index is -0.232. The van der Waals surface area contributed by atoms with Crippen molar-refractivity contribution in [2.75, 3.05) is 4.90 Å². The first-order valence-electron chi connectivity index (χ1n) is 22.3. The highest BCUT2D eigenvalue weighted by atomic mass is 15.1. The fourth-order valence-electron chi connectivity index (χ4n) is 10.9. The highest BCUT2D eigenvalue weighted by Crippen LogP contribution is 2.52. The Morgan fingerprint density at radius 1 is 0.328 bits per heavy atom. The number of hydrogen-bond donors (Lipinski definition) is 0. The maximum absolute atomic E-state index is 2.45. The Kier molecular flexibility index (Phi) is 7.95. The van der Waals surface area contributed by atoms with Crippen LogP contribution in [-0.2, 0) is 5.41 Å². The molecule has 2 heterocycles. The lowest BCUT2D eigenvalue weighted by Gasteiger charge is -2.29. The fourth-order valence-corrected chi connectivity index (χ4v) is 10.9. The lowest BCUT2D eigenvalue weighted by Crippen LogP contribution is -2.17. The van der Waals surface area contributed by atoms with Crippen molar-refractivity contribution in [3.8, 4) is 33.6 Å². The monoisotopic (exact) mass is 817 g/mol.